The second-order valence-electron chi connectivity index (χ2n) is 7.43. The lowest BCUT2D eigenvalue weighted by Gasteiger charge is -2.32. The molecule has 8 nitrogen and oxygen atoms in total. The fourth-order valence-electron chi connectivity index (χ4n) is 3.58. The Kier molecular flexibility index (Phi) is 11.1. The van der Waals surface area contributed by atoms with E-state index >= 15 is 0 Å². The minimum absolute atomic E-state index is 0. The van der Waals surface area contributed by atoms with Gasteiger partial charge in [0.15, 0.2) is 5.96 Å². The van der Waals surface area contributed by atoms with Crippen LogP contribution in [0.1, 0.15) is 25.3 Å². The number of nitrogens with one attached hydrogen (secondary N) is 2. The normalized spacial score (nSPS) is 14.4. The Balaban J connectivity index is 0.00000363. The number of amides is 1. The number of anilines is 1. The Morgan fingerprint density at radius 1 is 1.19 bits per heavy atom. The molecular formula is C23H33IN6O2. The molecule has 1 aromatic heterocycles. The fourth-order valence-corrected chi connectivity index (χ4v) is 3.58. The summed E-state index contributed by atoms with van der Waals surface area (Å²) in [5, 5.41) is 6.57. The highest BCUT2D eigenvalue weighted by molar-refractivity contribution is 14.0. The predicted molar refractivity (Wildman–Crippen MR) is 139 cm³/mol. The summed E-state index contributed by atoms with van der Waals surface area (Å²) < 4.78 is 5.73. The van der Waals surface area contributed by atoms with Crippen LogP contribution in [0.3, 0.4) is 0 Å². The van der Waals surface area contributed by atoms with Gasteiger partial charge < -0.3 is 26.0 Å². The molecule has 1 aliphatic heterocycles. The Bertz CT molecular complexity index is 857. The monoisotopic (exact) mass is 552 g/mol. The number of pyridine rings is 1. The number of carbonyl (C=O) groups is 1. The first-order chi connectivity index (χ1) is 15.2. The van der Waals surface area contributed by atoms with E-state index < -0.39 is 0 Å². The Morgan fingerprint density at radius 3 is 2.62 bits per heavy atom. The minimum atomic E-state index is -0.205. The van der Waals surface area contributed by atoms with Crippen LogP contribution in [-0.4, -0.2) is 49.6 Å². The van der Waals surface area contributed by atoms with E-state index in [9.17, 15) is 4.79 Å². The van der Waals surface area contributed by atoms with E-state index in [1.54, 1.807) is 6.20 Å². The second-order valence-corrected chi connectivity index (χ2v) is 7.43. The summed E-state index contributed by atoms with van der Waals surface area (Å²) in [6, 6.07) is 13.7. The summed E-state index contributed by atoms with van der Waals surface area (Å²) in [5.74, 6) is 2.28. The van der Waals surface area contributed by atoms with Gasteiger partial charge in [-0.25, -0.2) is 9.98 Å². The number of primary amides is 1. The van der Waals surface area contributed by atoms with Crippen molar-refractivity contribution in [2.75, 3.05) is 37.7 Å². The zero-order chi connectivity index (χ0) is 21.9. The lowest BCUT2D eigenvalue weighted by molar-refractivity contribution is -0.122. The highest BCUT2D eigenvalue weighted by atomic mass is 127. The molecule has 0 radical (unpaired) electrons. The molecule has 1 saturated heterocycles. The van der Waals surface area contributed by atoms with Crippen LogP contribution in [0.2, 0.25) is 0 Å². The van der Waals surface area contributed by atoms with Crippen molar-refractivity contribution >= 4 is 41.7 Å². The van der Waals surface area contributed by atoms with Gasteiger partial charge in [0.05, 0.1) is 13.1 Å². The van der Waals surface area contributed by atoms with Crippen molar-refractivity contribution in [1.82, 2.24) is 15.6 Å². The molecule has 0 unspecified atom stereocenters. The molecule has 0 aliphatic carbocycles. The maximum absolute atomic E-state index is 11.4. The third-order valence-electron chi connectivity index (χ3n) is 5.22. The smallest absolute Gasteiger partial charge is 0.220 e. The van der Waals surface area contributed by atoms with E-state index in [4.69, 9.17) is 15.5 Å². The number of nitrogens with two attached hydrogens (primary N) is 1. The van der Waals surface area contributed by atoms with Crippen LogP contribution in [-0.2, 0) is 11.3 Å². The molecule has 2 heterocycles. The third kappa shape index (κ3) is 7.85. The van der Waals surface area contributed by atoms with E-state index in [-0.39, 0.29) is 35.8 Å². The molecule has 32 heavy (non-hydrogen) atoms. The Morgan fingerprint density at radius 2 is 1.94 bits per heavy atom. The quantitative estimate of drug-likeness (QED) is 0.191. The molecule has 4 N–H and O–H groups in total. The Labute approximate surface area is 207 Å². The first-order valence-electron chi connectivity index (χ1n) is 10.9. The molecule has 174 valence electrons. The van der Waals surface area contributed by atoms with Gasteiger partial charge >= 0.3 is 0 Å². The van der Waals surface area contributed by atoms with E-state index in [0.717, 1.165) is 55.6 Å². The number of ether oxygens (including phenoxy) is 1. The minimum Gasteiger partial charge on any atom is -0.492 e. The number of hydrogen-bond acceptors (Lipinski definition) is 5. The number of piperidine rings is 1. The second kappa shape index (κ2) is 13.8. The predicted octanol–water partition coefficient (Wildman–Crippen LogP) is 2.54. The van der Waals surface area contributed by atoms with Gasteiger partial charge in [-0.15, -0.1) is 24.0 Å². The van der Waals surface area contributed by atoms with Gasteiger partial charge in [-0.1, -0.05) is 24.3 Å². The van der Waals surface area contributed by atoms with Gasteiger partial charge in [-0.3, -0.25) is 4.79 Å². The molecule has 1 aromatic carbocycles. The van der Waals surface area contributed by atoms with E-state index in [2.05, 4.69) is 20.5 Å². The van der Waals surface area contributed by atoms with Crippen molar-refractivity contribution in [1.29, 1.82) is 0 Å². The first kappa shape index (κ1) is 25.7. The molecule has 1 amide bonds. The number of para-hydroxylation sites is 1. The van der Waals surface area contributed by atoms with Gasteiger partial charge in [0.1, 0.15) is 18.2 Å². The van der Waals surface area contributed by atoms with Gasteiger partial charge in [-0.2, -0.15) is 0 Å². The largest absolute Gasteiger partial charge is 0.492 e. The van der Waals surface area contributed by atoms with Crippen molar-refractivity contribution in [2.24, 2.45) is 16.6 Å². The SMILES string of the molecule is CCNC(=NCc1cccnc1N1CCC(C(N)=O)CC1)NCCOc1ccccc1.I. The summed E-state index contributed by atoms with van der Waals surface area (Å²) in [6.45, 7) is 6.05. The maximum atomic E-state index is 11.4. The van der Waals surface area contributed by atoms with E-state index in [0.29, 0.717) is 19.7 Å². The Hall–Kier alpha value is -2.56. The zero-order valence-electron chi connectivity index (χ0n) is 18.5. The summed E-state index contributed by atoms with van der Waals surface area (Å²) in [5.41, 5.74) is 6.51. The molecule has 1 fully saturated rings. The van der Waals surface area contributed by atoms with Crippen LogP contribution in [0.5, 0.6) is 5.75 Å². The average Bonchev–Trinajstić information content (AvgIpc) is 2.81. The molecule has 0 atom stereocenters. The number of aromatic nitrogens is 1. The topological polar surface area (TPSA) is 105 Å². The number of benzene rings is 1. The number of aliphatic imine (C=N–C) groups is 1. The van der Waals surface area contributed by atoms with E-state index in [1.165, 1.54) is 0 Å². The van der Waals surface area contributed by atoms with Crippen LogP contribution < -0.4 is 26.0 Å². The molecule has 0 saturated carbocycles. The summed E-state index contributed by atoms with van der Waals surface area (Å²) >= 11 is 0. The maximum Gasteiger partial charge on any atom is 0.220 e. The van der Waals surface area contributed by atoms with Crippen LogP contribution in [0.15, 0.2) is 53.7 Å². The highest BCUT2D eigenvalue weighted by Crippen LogP contribution is 2.24. The van der Waals surface area contributed by atoms with Crippen molar-refractivity contribution in [2.45, 2.75) is 26.3 Å². The molecule has 0 bridgehead atoms. The summed E-state index contributed by atoms with van der Waals surface area (Å²) in [4.78, 5) is 23.0. The van der Waals surface area contributed by atoms with E-state index in [1.807, 2.05) is 49.4 Å². The molecule has 3 rings (SSSR count). The molecular weight excluding hydrogens is 519 g/mol. The number of nitrogens with zero attached hydrogens (tertiary/aromatic N) is 3. The van der Waals surface area contributed by atoms with Crippen LogP contribution >= 0.6 is 24.0 Å². The van der Waals surface area contributed by atoms with Crippen LogP contribution in [0.4, 0.5) is 5.82 Å². The van der Waals surface area contributed by atoms with Crippen LogP contribution in [0.25, 0.3) is 0 Å². The number of halogens is 1. The van der Waals surface area contributed by atoms with Gasteiger partial charge in [-0.05, 0) is 38.0 Å². The standard InChI is InChI=1S/C23H32N6O2.HI/c1-2-25-23(27-13-16-31-20-8-4-3-5-9-20)28-17-19-7-6-12-26-22(19)29-14-10-18(11-15-29)21(24)30;/h3-9,12,18H,2,10-11,13-17H2,1H3,(H2,24,30)(H2,25,27,28);1H. The van der Waals surface area contributed by atoms with Crippen molar-refractivity contribution in [3.8, 4) is 5.75 Å². The highest BCUT2D eigenvalue weighted by Gasteiger charge is 2.24. The summed E-state index contributed by atoms with van der Waals surface area (Å²) in [7, 11) is 0. The van der Waals surface area contributed by atoms with Crippen molar-refractivity contribution < 1.29 is 9.53 Å². The molecule has 1 aliphatic rings. The van der Waals surface area contributed by atoms with Crippen molar-refractivity contribution in [3.63, 3.8) is 0 Å². The fraction of sp³-hybridized carbons (Fsp3) is 0.435. The number of guanidine groups is 1. The number of hydrogen-bond donors (Lipinski definition) is 3. The molecule has 0 spiro atoms. The lowest BCUT2D eigenvalue weighted by Crippen LogP contribution is -2.40. The average molecular weight is 552 g/mol. The lowest BCUT2D eigenvalue weighted by atomic mass is 9.96. The molecule has 9 heteroatoms. The first-order valence-corrected chi connectivity index (χ1v) is 10.9. The van der Waals surface area contributed by atoms with Crippen molar-refractivity contribution in [3.05, 3.63) is 54.2 Å². The summed E-state index contributed by atoms with van der Waals surface area (Å²) in [6.07, 6.45) is 3.33. The van der Waals surface area contributed by atoms with Crippen LogP contribution in [0, 0.1) is 5.92 Å². The third-order valence-corrected chi connectivity index (χ3v) is 5.22. The zero-order valence-corrected chi connectivity index (χ0v) is 20.8. The van der Waals surface area contributed by atoms with Gasteiger partial charge in [0.25, 0.3) is 0 Å². The number of carbonyl (C=O) groups excluding carboxylic acids is 1. The van der Waals surface area contributed by atoms with Gasteiger partial charge in [0.2, 0.25) is 5.91 Å². The molecule has 2 aromatic rings. The van der Waals surface area contributed by atoms with Gasteiger partial charge in [0, 0.05) is 37.3 Å². The number of rotatable bonds is 9.